The van der Waals surface area contributed by atoms with Gasteiger partial charge >= 0.3 is 0 Å². The molecule has 2 atom stereocenters. The van der Waals surface area contributed by atoms with E-state index in [0.717, 1.165) is 13.0 Å². The van der Waals surface area contributed by atoms with E-state index < -0.39 is 0 Å². The Kier molecular flexibility index (Phi) is 7.35. The lowest BCUT2D eigenvalue weighted by Gasteiger charge is -2.32. The highest BCUT2D eigenvalue weighted by molar-refractivity contribution is 5.92. The molecule has 9 nitrogen and oxygen atoms in total. The Morgan fingerprint density at radius 2 is 2.12 bits per heavy atom. The molecule has 1 aromatic rings. The van der Waals surface area contributed by atoms with Gasteiger partial charge in [-0.1, -0.05) is 0 Å². The molecule has 9 heteroatoms. The minimum atomic E-state index is -0.356. The molecule has 1 aromatic heterocycles. The lowest BCUT2D eigenvalue weighted by atomic mass is 10.1. The highest BCUT2D eigenvalue weighted by atomic mass is 16.5. The molecule has 1 fully saturated rings. The Hall–Kier alpha value is -1.97. The van der Waals surface area contributed by atoms with Crippen molar-refractivity contribution in [3.63, 3.8) is 0 Å². The molecule has 0 unspecified atom stereocenters. The van der Waals surface area contributed by atoms with Crippen LogP contribution in [0.15, 0.2) is 6.20 Å². The highest BCUT2D eigenvalue weighted by Crippen LogP contribution is 2.20. The molecular formula is C16H26N4O5. The third-order valence-corrected chi connectivity index (χ3v) is 3.81. The number of amides is 1. The zero-order valence-electron chi connectivity index (χ0n) is 15.2. The lowest BCUT2D eigenvalue weighted by molar-refractivity contribution is -0.0562. The number of methoxy groups -OCH3 is 2. The van der Waals surface area contributed by atoms with Gasteiger partial charge in [0.15, 0.2) is 5.69 Å². The van der Waals surface area contributed by atoms with Gasteiger partial charge in [0.1, 0.15) is 0 Å². The summed E-state index contributed by atoms with van der Waals surface area (Å²) >= 11 is 0. The second-order valence-corrected chi connectivity index (χ2v) is 5.93. The van der Waals surface area contributed by atoms with E-state index in [1.807, 2.05) is 19.0 Å². The maximum Gasteiger partial charge on any atom is 0.278 e. The Labute approximate surface area is 147 Å². The van der Waals surface area contributed by atoms with E-state index in [4.69, 9.17) is 18.9 Å². The molecule has 1 N–H and O–H groups in total. The summed E-state index contributed by atoms with van der Waals surface area (Å²) in [6.45, 7) is 2.44. The molecule has 1 amide bonds. The number of aromatic nitrogens is 2. The number of hydrogen-bond acceptors (Lipinski definition) is 8. The van der Waals surface area contributed by atoms with Gasteiger partial charge in [0.2, 0.25) is 0 Å². The highest BCUT2D eigenvalue weighted by Gasteiger charge is 2.29. The third-order valence-electron chi connectivity index (χ3n) is 3.81. The largest absolute Gasteiger partial charge is 0.477 e. The number of nitrogens with one attached hydrogen (secondary N) is 1. The number of ether oxygens (including phenoxy) is 4. The van der Waals surface area contributed by atoms with Crippen LogP contribution in [0.4, 0.5) is 0 Å². The summed E-state index contributed by atoms with van der Waals surface area (Å²) in [4.78, 5) is 22.7. The Morgan fingerprint density at radius 1 is 1.36 bits per heavy atom. The van der Waals surface area contributed by atoms with Crippen LogP contribution < -0.4 is 14.8 Å². The number of carbonyl (C=O) groups excluding carboxylic acids is 1. The molecule has 1 aliphatic heterocycles. The Bertz CT molecular complexity index is 569. The summed E-state index contributed by atoms with van der Waals surface area (Å²) < 4.78 is 21.5. The van der Waals surface area contributed by atoms with Crippen molar-refractivity contribution in [2.24, 2.45) is 0 Å². The van der Waals surface area contributed by atoms with Crippen LogP contribution in [-0.4, -0.2) is 87.6 Å². The second-order valence-electron chi connectivity index (χ2n) is 5.93. The Balaban J connectivity index is 1.99. The first-order chi connectivity index (χ1) is 12.0. The smallest absolute Gasteiger partial charge is 0.278 e. The zero-order chi connectivity index (χ0) is 18.2. The maximum atomic E-state index is 12.5. The fourth-order valence-electron chi connectivity index (χ4n) is 2.42. The van der Waals surface area contributed by atoms with E-state index >= 15 is 0 Å². The molecule has 1 aliphatic rings. The third kappa shape index (κ3) is 5.52. The molecule has 0 radical (unpaired) electrons. The van der Waals surface area contributed by atoms with E-state index in [0.29, 0.717) is 19.8 Å². The second kappa shape index (κ2) is 9.50. The first kappa shape index (κ1) is 19.4. The lowest BCUT2D eigenvalue weighted by Crippen LogP contribution is -2.51. The van der Waals surface area contributed by atoms with Gasteiger partial charge in [-0.05, 0) is 20.5 Å². The summed E-state index contributed by atoms with van der Waals surface area (Å²) in [5, 5.41) is 2.91. The molecule has 2 rings (SSSR count). The normalized spacial score (nSPS) is 20.4. The quantitative estimate of drug-likeness (QED) is 0.695. The van der Waals surface area contributed by atoms with Gasteiger partial charge in [0.05, 0.1) is 45.8 Å². The van der Waals surface area contributed by atoms with E-state index in [2.05, 4.69) is 15.3 Å². The van der Waals surface area contributed by atoms with Gasteiger partial charge in [0, 0.05) is 13.2 Å². The first-order valence-electron chi connectivity index (χ1n) is 8.15. The van der Waals surface area contributed by atoms with E-state index in [1.54, 1.807) is 0 Å². The van der Waals surface area contributed by atoms with Gasteiger partial charge in [-0.25, -0.2) is 9.97 Å². The van der Waals surface area contributed by atoms with Gasteiger partial charge in [0.25, 0.3) is 17.7 Å². The van der Waals surface area contributed by atoms with Crippen LogP contribution >= 0.6 is 0 Å². The number of likely N-dealkylation sites (N-methyl/N-ethyl adjacent to an activating group) is 1. The molecule has 0 saturated carbocycles. The maximum absolute atomic E-state index is 12.5. The number of carbonyl (C=O) groups is 1. The molecule has 0 spiro atoms. The molecular weight excluding hydrogens is 328 g/mol. The van der Waals surface area contributed by atoms with E-state index in [-0.39, 0.29) is 35.5 Å². The van der Waals surface area contributed by atoms with Gasteiger partial charge in [-0.3, -0.25) is 4.79 Å². The molecule has 0 bridgehead atoms. The van der Waals surface area contributed by atoms with Crippen molar-refractivity contribution < 1.29 is 23.7 Å². The average Bonchev–Trinajstić information content (AvgIpc) is 2.62. The molecule has 25 heavy (non-hydrogen) atoms. The number of hydrogen-bond donors (Lipinski definition) is 1. The fourth-order valence-corrected chi connectivity index (χ4v) is 2.42. The monoisotopic (exact) mass is 354 g/mol. The number of nitrogens with zero attached hydrogens (tertiary/aromatic N) is 3. The zero-order valence-corrected chi connectivity index (χ0v) is 15.2. The summed E-state index contributed by atoms with van der Waals surface area (Å²) in [6.07, 6.45) is 1.99. The van der Waals surface area contributed by atoms with Crippen LogP contribution in [0.5, 0.6) is 11.8 Å². The van der Waals surface area contributed by atoms with Crippen LogP contribution in [0.2, 0.25) is 0 Å². The van der Waals surface area contributed by atoms with Crippen molar-refractivity contribution >= 4 is 5.91 Å². The fraction of sp³-hybridized carbons (Fsp3) is 0.688. The van der Waals surface area contributed by atoms with Crippen LogP contribution in [0, 0.1) is 0 Å². The van der Waals surface area contributed by atoms with Crippen molar-refractivity contribution in [2.75, 3.05) is 54.7 Å². The molecule has 0 aromatic carbocycles. The van der Waals surface area contributed by atoms with Crippen LogP contribution in [0.25, 0.3) is 0 Å². The van der Waals surface area contributed by atoms with Gasteiger partial charge in [-0.15, -0.1) is 0 Å². The standard InChI is InChI=1S/C16H26N4O5/c1-20(2)6-8-25-13-5-7-24-10-12(13)18-14(21)11-9-17-15(22-3)16(19-11)23-4/h9,12-13H,5-8,10H2,1-4H3,(H,18,21)/t12-,13+/m1/s1. The van der Waals surface area contributed by atoms with Crippen LogP contribution in [0.3, 0.4) is 0 Å². The predicted molar refractivity (Wildman–Crippen MR) is 90.1 cm³/mol. The molecule has 2 heterocycles. The summed E-state index contributed by atoms with van der Waals surface area (Å²) in [6, 6.07) is -0.238. The SMILES string of the molecule is COc1ncc(C(=O)N[C@@H]2COCC[C@@H]2OCCN(C)C)nc1OC. The van der Waals surface area contributed by atoms with Crippen LogP contribution in [-0.2, 0) is 9.47 Å². The van der Waals surface area contributed by atoms with Gasteiger partial charge < -0.3 is 29.2 Å². The van der Waals surface area contributed by atoms with Crippen LogP contribution in [0.1, 0.15) is 16.9 Å². The van der Waals surface area contributed by atoms with Crippen molar-refractivity contribution in [3.05, 3.63) is 11.9 Å². The molecule has 140 valence electrons. The van der Waals surface area contributed by atoms with Crippen molar-refractivity contribution in [3.8, 4) is 11.8 Å². The average molecular weight is 354 g/mol. The van der Waals surface area contributed by atoms with Crippen molar-refractivity contribution in [1.82, 2.24) is 20.2 Å². The summed E-state index contributed by atoms with van der Waals surface area (Å²) in [7, 11) is 6.88. The van der Waals surface area contributed by atoms with Crippen molar-refractivity contribution in [1.29, 1.82) is 0 Å². The molecule has 0 aliphatic carbocycles. The predicted octanol–water partition coefficient (Wildman–Crippen LogP) is -0.0407. The number of rotatable bonds is 8. The minimum Gasteiger partial charge on any atom is -0.477 e. The van der Waals surface area contributed by atoms with E-state index in [9.17, 15) is 4.79 Å². The first-order valence-corrected chi connectivity index (χ1v) is 8.15. The minimum absolute atomic E-state index is 0.0919. The molecule has 1 saturated heterocycles. The Morgan fingerprint density at radius 3 is 2.80 bits per heavy atom. The topological polar surface area (TPSA) is 95.0 Å². The summed E-state index contributed by atoms with van der Waals surface area (Å²) in [5.41, 5.74) is 0.148. The summed E-state index contributed by atoms with van der Waals surface area (Å²) in [5.74, 6) is 0.0314. The van der Waals surface area contributed by atoms with Crippen molar-refractivity contribution in [2.45, 2.75) is 18.6 Å². The van der Waals surface area contributed by atoms with E-state index in [1.165, 1.54) is 20.4 Å². The van der Waals surface area contributed by atoms with Gasteiger partial charge in [-0.2, -0.15) is 0 Å².